The number of nitrogens with zero attached hydrogens (tertiary/aromatic N) is 6. The first-order valence-electron chi connectivity index (χ1n) is 18.9. The number of rotatable bonds is 3. The van der Waals surface area contributed by atoms with E-state index in [1.54, 1.807) is 22.7 Å². The Labute approximate surface area is 340 Å². The minimum absolute atomic E-state index is 0.465. The van der Waals surface area contributed by atoms with Gasteiger partial charge in [-0.1, -0.05) is 48.5 Å². The Bertz CT molecular complexity index is 3100. The van der Waals surface area contributed by atoms with E-state index >= 15 is 0 Å². The second-order valence-corrected chi connectivity index (χ2v) is 18.4. The second kappa shape index (κ2) is 13.0. The van der Waals surface area contributed by atoms with Crippen molar-refractivity contribution in [2.75, 3.05) is 0 Å². The highest BCUT2D eigenvalue weighted by molar-refractivity contribution is 7.25. The Kier molecular flexibility index (Phi) is 8.05. The first-order chi connectivity index (χ1) is 27.8. The Balaban J connectivity index is 0.980. The summed E-state index contributed by atoms with van der Waals surface area (Å²) in [5.41, 5.74) is 7.21. The Morgan fingerprint density at radius 1 is 0.483 bits per heavy atom. The van der Waals surface area contributed by atoms with Crippen molar-refractivity contribution in [3.63, 3.8) is 0 Å². The number of aromatic nitrogens is 6. The number of hydrogen-bond donors (Lipinski definition) is 0. The maximum atomic E-state index is 13.5. The van der Waals surface area contributed by atoms with Gasteiger partial charge >= 0.3 is 12.2 Å². The number of para-hydroxylation sites is 2. The van der Waals surface area contributed by atoms with E-state index in [1.807, 2.05) is 114 Å². The summed E-state index contributed by atoms with van der Waals surface area (Å²) < 4.78 is 14.6. The van der Waals surface area contributed by atoms with E-state index in [4.69, 9.17) is 29.4 Å². The topological polar surface area (TPSA) is 114 Å². The summed E-state index contributed by atoms with van der Waals surface area (Å²) >= 11 is 3.41. The Hall–Kier alpha value is -6.50. The molecule has 0 saturated heterocycles. The van der Waals surface area contributed by atoms with Crippen LogP contribution in [0.25, 0.3) is 96.8 Å². The fraction of sp³-hybridized carbons (Fsp3) is 0.174. The first kappa shape index (κ1) is 35.9. The van der Waals surface area contributed by atoms with Gasteiger partial charge in [0.25, 0.3) is 0 Å². The van der Waals surface area contributed by atoms with Gasteiger partial charge in [-0.3, -0.25) is 0 Å². The summed E-state index contributed by atoms with van der Waals surface area (Å²) in [6.07, 6.45) is -0.977. The van der Waals surface area contributed by atoms with Gasteiger partial charge in [0.15, 0.2) is 11.3 Å². The van der Waals surface area contributed by atoms with E-state index in [0.717, 1.165) is 52.4 Å². The monoisotopic (exact) mass is 800 g/mol. The quantitative estimate of drug-likeness (QED) is 0.173. The SMILES string of the molecule is CC(C)(C)OC(=O)n1c2ccccc2c2nc3ccc(-c4ccc(-c5ccc(-c6ccc7nc8c9ccccc9n(C(=O)OC(C)(C)C)c8nc7c6)s5)s4)cc3nc21. The smallest absolute Gasteiger partial charge is 0.420 e. The van der Waals surface area contributed by atoms with E-state index in [-0.39, 0.29) is 0 Å². The molecule has 12 heteroatoms. The van der Waals surface area contributed by atoms with Crippen LogP contribution in [-0.2, 0) is 9.47 Å². The van der Waals surface area contributed by atoms with E-state index in [2.05, 4.69) is 36.4 Å². The third-order valence-corrected chi connectivity index (χ3v) is 12.2. The fourth-order valence-electron chi connectivity index (χ4n) is 7.27. The largest absolute Gasteiger partial charge is 0.443 e. The molecule has 58 heavy (non-hydrogen) atoms. The summed E-state index contributed by atoms with van der Waals surface area (Å²) in [7, 11) is 0. The molecular formula is C46H36N6O4S2. The predicted octanol–water partition coefficient (Wildman–Crippen LogP) is 12.5. The number of carbonyl (C=O) groups is 2. The van der Waals surface area contributed by atoms with Crippen molar-refractivity contribution < 1.29 is 19.1 Å². The molecule has 6 heterocycles. The molecule has 0 aliphatic rings. The van der Waals surface area contributed by atoms with Crippen LogP contribution >= 0.6 is 22.7 Å². The van der Waals surface area contributed by atoms with E-state index < -0.39 is 23.4 Å². The van der Waals surface area contributed by atoms with Gasteiger partial charge in [0.05, 0.1) is 33.1 Å². The van der Waals surface area contributed by atoms with Crippen LogP contribution in [0.4, 0.5) is 9.59 Å². The van der Waals surface area contributed by atoms with Gasteiger partial charge < -0.3 is 9.47 Å². The lowest BCUT2D eigenvalue weighted by atomic mass is 10.1. The van der Waals surface area contributed by atoms with E-state index in [0.29, 0.717) is 44.4 Å². The molecule has 0 atom stereocenters. The average molecular weight is 801 g/mol. The molecule has 0 spiro atoms. The molecule has 0 N–H and O–H groups in total. The number of benzene rings is 4. The van der Waals surface area contributed by atoms with E-state index in [1.165, 1.54) is 9.13 Å². The van der Waals surface area contributed by atoms with Crippen molar-refractivity contribution in [2.45, 2.75) is 52.7 Å². The molecule has 10 aromatic rings. The van der Waals surface area contributed by atoms with Crippen molar-refractivity contribution in [2.24, 2.45) is 0 Å². The summed E-state index contributed by atoms with van der Waals surface area (Å²) in [4.78, 5) is 51.4. The molecule has 10 nitrogen and oxygen atoms in total. The molecule has 0 saturated carbocycles. The molecule has 0 fully saturated rings. The number of thiophene rings is 2. The van der Waals surface area contributed by atoms with Gasteiger partial charge in [-0.15, -0.1) is 22.7 Å². The predicted molar refractivity (Wildman–Crippen MR) is 234 cm³/mol. The third-order valence-electron chi connectivity index (χ3n) is 9.69. The lowest BCUT2D eigenvalue weighted by molar-refractivity contribution is 0.0539. The van der Waals surface area contributed by atoms with Crippen LogP contribution in [0.5, 0.6) is 0 Å². The molecule has 0 unspecified atom stereocenters. The van der Waals surface area contributed by atoms with Crippen molar-refractivity contribution >= 4 is 101 Å². The molecule has 0 aliphatic heterocycles. The molecule has 0 bridgehead atoms. The lowest BCUT2D eigenvalue weighted by Crippen LogP contribution is -2.27. The normalized spacial score (nSPS) is 12.4. The van der Waals surface area contributed by atoms with Gasteiger partial charge in [-0.25, -0.2) is 38.7 Å². The number of hydrogen-bond acceptors (Lipinski definition) is 10. The van der Waals surface area contributed by atoms with Crippen LogP contribution in [0.2, 0.25) is 0 Å². The van der Waals surface area contributed by atoms with Gasteiger partial charge in [0.2, 0.25) is 0 Å². The molecule has 0 radical (unpaired) electrons. The van der Waals surface area contributed by atoms with Crippen LogP contribution < -0.4 is 0 Å². The second-order valence-electron chi connectivity index (χ2n) is 16.2. The highest BCUT2D eigenvalue weighted by Gasteiger charge is 2.26. The van der Waals surface area contributed by atoms with Crippen molar-refractivity contribution in [3.05, 3.63) is 109 Å². The summed E-state index contributed by atoms with van der Waals surface area (Å²) in [6.45, 7) is 11.1. The number of fused-ring (bicyclic) bond motifs is 8. The van der Waals surface area contributed by atoms with Crippen LogP contribution in [0, 0.1) is 0 Å². The molecular weight excluding hydrogens is 765 g/mol. The van der Waals surface area contributed by atoms with Crippen LogP contribution in [-0.4, -0.2) is 52.5 Å². The first-order valence-corrected chi connectivity index (χ1v) is 20.5. The molecule has 0 amide bonds. The highest BCUT2D eigenvalue weighted by Crippen LogP contribution is 2.42. The third kappa shape index (κ3) is 6.16. The number of ether oxygens (including phenoxy) is 2. The zero-order chi connectivity index (χ0) is 40.1. The lowest BCUT2D eigenvalue weighted by Gasteiger charge is -2.20. The van der Waals surface area contributed by atoms with Crippen LogP contribution in [0.1, 0.15) is 41.5 Å². The minimum Gasteiger partial charge on any atom is -0.443 e. The van der Waals surface area contributed by atoms with Gasteiger partial charge in [-0.05, 0) is 113 Å². The molecule has 10 rings (SSSR count). The molecule has 6 aromatic heterocycles. The Morgan fingerprint density at radius 2 is 0.879 bits per heavy atom. The van der Waals surface area contributed by atoms with Gasteiger partial charge in [0.1, 0.15) is 22.2 Å². The summed E-state index contributed by atoms with van der Waals surface area (Å²) in [5.74, 6) is 0. The average Bonchev–Trinajstić information content (AvgIpc) is 3.98. The number of carbonyl (C=O) groups excluding carboxylic acids is 2. The molecule has 0 aliphatic carbocycles. The van der Waals surface area contributed by atoms with Crippen molar-refractivity contribution in [1.29, 1.82) is 0 Å². The van der Waals surface area contributed by atoms with Crippen molar-refractivity contribution in [1.82, 2.24) is 29.1 Å². The maximum Gasteiger partial charge on any atom is 0.420 e. The van der Waals surface area contributed by atoms with Gasteiger partial charge in [-0.2, -0.15) is 0 Å². The maximum absolute atomic E-state index is 13.5. The van der Waals surface area contributed by atoms with Crippen LogP contribution in [0.3, 0.4) is 0 Å². The standard InChI is InChI=1S/C46H36N6O4S2/c1-45(2,3)55-43(53)51-33-13-9-7-11-27(33)39-41(51)49-31-23-25(15-17-29(31)47-39)35-19-21-37(57-35)38-22-20-36(58-38)26-16-18-30-32(24-26)50-42-40(48-30)28-12-8-10-14-34(28)52(42)44(54)56-46(4,5)6/h7-24H,1-6H3. The molecule has 286 valence electrons. The Morgan fingerprint density at radius 3 is 1.29 bits per heavy atom. The van der Waals surface area contributed by atoms with Crippen molar-refractivity contribution in [3.8, 4) is 30.6 Å². The zero-order valence-electron chi connectivity index (χ0n) is 32.5. The fourth-order valence-corrected chi connectivity index (χ4v) is 9.37. The highest BCUT2D eigenvalue weighted by atomic mass is 32.1. The molecule has 4 aromatic carbocycles. The van der Waals surface area contributed by atoms with Gasteiger partial charge in [0, 0.05) is 30.3 Å². The van der Waals surface area contributed by atoms with E-state index in [9.17, 15) is 9.59 Å². The zero-order valence-corrected chi connectivity index (χ0v) is 34.2. The summed E-state index contributed by atoms with van der Waals surface area (Å²) in [5, 5.41) is 1.69. The van der Waals surface area contributed by atoms with Crippen LogP contribution in [0.15, 0.2) is 109 Å². The summed E-state index contributed by atoms with van der Waals surface area (Å²) in [6, 6.07) is 36.1. The minimum atomic E-state index is -0.669.